The maximum absolute atomic E-state index is 13.6. The van der Waals surface area contributed by atoms with E-state index in [0.29, 0.717) is 28.6 Å². The zero-order valence-electron chi connectivity index (χ0n) is 14.2. The van der Waals surface area contributed by atoms with Crippen LogP contribution in [0.4, 0.5) is 4.39 Å². The molecule has 1 aromatic carbocycles. The van der Waals surface area contributed by atoms with Crippen molar-refractivity contribution in [3.05, 3.63) is 34.6 Å². The summed E-state index contributed by atoms with van der Waals surface area (Å²) >= 11 is 7.14. The Morgan fingerprint density at radius 3 is 3.08 bits per heavy atom. The summed E-state index contributed by atoms with van der Waals surface area (Å²) < 4.78 is 13.6. The van der Waals surface area contributed by atoms with Gasteiger partial charge in [0.05, 0.1) is 5.75 Å². The van der Waals surface area contributed by atoms with Crippen LogP contribution in [0.3, 0.4) is 0 Å². The number of nitrogens with zero attached hydrogens (tertiary/aromatic N) is 1. The second-order valence-electron chi connectivity index (χ2n) is 6.48. The van der Waals surface area contributed by atoms with Crippen molar-refractivity contribution in [3.63, 3.8) is 0 Å². The smallest absolute Gasteiger partial charge is 0.230 e. The molecule has 0 bridgehead atoms. The van der Waals surface area contributed by atoms with Crippen molar-refractivity contribution < 1.29 is 9.18 Å². The number of thioether (sulfide) groups is 1. The molecule has 1 aromatic rings. The van der Waals surface area contributed by atoms with Crippen LogP contribution in [-0.4, -0.2) is 42.7 Å². The molecule has 0 unspecified atom stereocenters. The van der Waals surface area contributed by atoms with Gasteiger partial charge in [0.15, 0.2) is 0 Å². The van der Waals surface area contributed by atoms with Crippen LogP contribution in [0.5, 0.6) is 0 Å². The number of amides is 1. The van der Waals surface area contributed by atoms with Crippen LogP contribution < -0.4 is 5.32 Å². The second-order valence-corrected chi connectivity index (χ2v) is 7.90. The van der Waals surface area contributed by atoms with E-state index in [2.05, 4.69) is 17.1 Å². The number of hydrogen-bond acceptors (Lipinski definition) is 3. The van der Waals surface area contributed by atoms with E-state index in [-0.39, 0.29) is 11.7 Å². The Morgan fingerprint density at radius 1 is 1.50 bits per heavy atom. The average Bonchev–Trinajstić information content (AvgIpc) is 2.54. The quantitative estimate of drug-likeness (QED) is 0.701. The molecule has 0 saturated carbocycles. The number of halogens is 2. The first-order valence-corrected chi connectivity index (χ1v) is 10.1. The van der Waals surface area contributed by atoms with E-state index in [4.69, 9.17) is 11.6 Å². The van der Waals surface area contributed by atoms with E-state index in [1.807, 2.05) is 0 Å². The number of hydrogen-bond donors (Lipinski definition) is 1. The van der Waals surface area contributed by atoms with Crippen molar-refractivity contribution in [2.75, 3.05) is 31.9 Å². The number of piperidine rings is 1. The highest BCUT2D eigenvalue weighted by Gasteiger charge is 2.15. The molecule has 6 heteroatoms. The zero-order valence-corrected chi connectivity index (χ0v) is 15.8. The number of benzene rings is 1. The van der Waals surface area contributed by atoms with Gasteiger partial charge in [0.2, 0.25) is 5.91 Å². The molecule has 0 radical (unpaired) electrons. The molecule has 1 amide bonds. The van der Waals surface area contributed by atoms with E-state index in [9.17, 15) is 9.18 Å². The monoisotopic (exact) mass is 372 g/mol. The van der Waals surface area contributed by atoms with Crippen LogP contribution in [0, 0.1) is 11.7 Å². The molecule has 1 aliphatic heterocycles. The third-order valence-corrected chi connectivity index (χ3v) is 5.44. The summed E-state index contributed by atoms with van der Waals surface area (Å²) in [6.07, 6.45) is 3.60. The van der Waals surface area contributed by atoms with E-state index in [1.165, 1.54) is 43.8 Å². The van der Waals surface area contributed by atoms with Gasteiger partial charge in [-0.05, 0) is 56.0 Å². The molecule has 1 N–H and O–H groups in total. The fourth-order valence-electron chi connectivity index (χ4n) is 2.96. The van der Waals surface area contributed by atoms with Gasteiger partial charge in [0.25, 0.3) is 0 Å². The predicted molar refractivity (Wildman–Crippen MR) is 100 cm³/mol. The topological polar surface area (TPSA) is 32.3 Å². The van der Waals surface area contributed by atoms with Crippen LogP contribution in [0.15, 0.2) is 18.2 Å². The summed E-state index contributed by atoms with van der Waals surface area (Å²) in [5, 5.41) is 3.33. The predicted octanol–water partition coefficient (Wildman–Crippen LogP) is 3.95. The van der Waals surface area contributed by atoms with Crippen LogP contribution >= 0.6 is 23.4 Å². The number of likely N-dealkylation sites (tertiary alicyclic amines) is 1. The van der Waals surface area contributed by atoms with E-state index < -0.39 is 0 Å². The third-order valence-electron chi connectivity index (χ3n) is 4.22. The van der Waals surface area contributed by atoms with Crippen molar-refractivity contribution in [1.29, 1.82) is 0 Å². The highest BCUT2D eigenvalue weighted by atomic mass is 35.5. The lowest BCUT2D eigenvalue weighted by molar-refractivity contribution is -0.118. The second kappa shape index (κ2) is 10.3. The SMILES string of the molecule is C[C@@H]1CCCN(CCCNC(=O)CSCc2ccc(Cl)cc2F)C1. The van der Waals surface area contributed by atoms with Gasteiger partial charge < -0.3 is 10.2 Å². The number of nitrogens with one attached hydrogen (secondary N) is 1. The van der Waals surface area contributed by atoms with Crippen molar-refractivity contribution in [2.24, 2.45) is 5.92 Å². The standard InChI is InChI=1S/C18H26ClFN2OS/c1-14-4-2-8-22(11-14)9-3-7-21-18(23)13-24-12-15-5-6-16(19)10-17(15)20/h5-6,10,14H,2-4,7-9,11-13H2,1H3,(H,21,23)/t14-/m1/s1. The summed E-state index contributed by atoms with van der Waals surface area (Å²) in [6, 6.07) is 4.64. The van der Waals surface area contributed by atoms with Gasteiger partial charge in [0, 0.05) is 23.9 Å². The van der Waals surface area contributed by atoms with Gasteiger partial charge in [-0.1, -0.05) is 24.6 Å². The van der Waals surface area contributed by atoms with Gasteiger partial charge in [-0.2, -0.15) is 0 Å². The van der Waals surface area contributed by atoms with Crippen LogP contribution in [0.2, 0.25) is 5.02 Å². The summed E-state index contributed by atoms with van der Waals surface area (Å²) in [7, 11) is 0. The Kier molecular flexibility index (Phi) is 8.36. The molecule has 1 heterocycles. The maximum Gasteiger partial charge on any atom is 0.230 e. The van der Waals surface area contributed by atoms with E-state index in [0.717, 1.165) is 18.9 Å². The zero-order chi connectivity index (χ0) is 17.4. The Morgan fingerprint density at radius 2 is 2.33 bits per heavy atom. The minimum absolute atomic E-state index is 0.0152. The van der Waals surface area contributed by atoms with E-state index in [1.54, 1.807) is 12.1 Å². The molecule has 0 aliphatic carbocycles. The number of carbonyl (C=O) groups excluding carboxylic acids is 1. The molecule has 1 atom stereocenters. The number of carbonyl (C=O) groups is 1. The Hall–Kier alpha value is -0.780. The fraction of sp³-hybridized carbons (Fsp3) is 0.611. The van der Waals surface area contributed by atoms with Crippen LogP contribution in [0.25, 0.3) is 0 Å². The largest absolute Gasteiger partial charge is 0.355 e. The van der Waals surface area contributed by atoms with Crippen molar-refractivity contribution in [1.82, 2.24) is 10.2 Å². The summed E-state index contributed by atoms with van der Waals surface area (Å²) in [5.41, 5.74) is 0.580. The normalized spacial score (nSPS) is 18.5. The summed E-state index contributed by atoms with van der Waals surface area (Å²) in [4.78, 5) is 14.3. The van der Waals surface area contributed by atoms with Crippen molar-refractivity contribution >= 4 is 29.3 Å². The first kappa shape index (κ1) is 19.5. The molecule has 24 heavy (non-hydrogen) atoms. The third kappa shape index (κ3) is 6.99. The van der Waals surface area contributed by atoms with E-state index >= 15 is 0 Å². The lowest BCUT2D eigenvalue weighted by Crippen LogP contribution is -2.36. The Balaban J connectivity index is 1.55. The minimum atomic E-state index is -0.314. The first-order chi connectivity index (χ1) is 11.5. The molecule has 1 aliphatic rings. The van der Waals surface area contributed by atoms with Crippen molar-refractivity contribution in [2.45, 2.75) is 31.9 Å². The lowest BCUT2D eigenvalue weighted by Gasteiger charge is -2.30. The Bertz CT molecular complexity index is 544. The van der Waals surface area contributed by atoms with Gasteiger partial charge in [0.1, 0.15) is 5.82 Å². The summed E-state index contributed by atoms with van der Waals surface area (Å²) in [6.45, 7) is 6.42. The highest BCUT2D eigenvalue weighted by Crippen LogP contribution is 2.19. The molecular formula is C18H26ClFN2OS. The molecule has 2 rings (SSSR count). The maximum atomic E-state index is 13.6. The van der Waals surface area contributed by atoms with Crippen LogP contribution in [-0.2, 0) is 10.5 Å². The molecular weight excluding hydrogens is 347 g/mol. The highest BCUT2D eigenvalue weighted by molar-refractivity contribution is 7.99. The molecule has 0 spiro atoms. The van der Waals surface area contributed by atoms with Crippen molar-refractivity contribution in [3.8, 4) is 0 Å². The molecule has 3 nitrogen and oxygen atoms in total. The Labute approximate surface area is 153 Å². The summed E-state index contributed by atoms with van der Waals surface area (Å²) in [5.74, 6) is 1.32. The molecule has 1 saturated heterocycles. The minimum Gasteiger partial charge on any atom is -0.355 e. The van der Waals surface area contributed by atoms with Gasteiger partial charge in [-0.15, -0.1) is 11.8 Å². The molecule has 0 aromatic heterocycles. The fourth-order valence-corrected chi connectivity index (χ4v) is 3.97. The van der Waals surface area contributed by atoms with Crippen LogP contribution in [0.1, 0.15) is 31.7 Å². The number of rotatable bonds is 8. The lowest BCUT2D eigenvalue weighted by atomic mass is 10.0. The van der Waals surface area contributed by atoms with Gasteiger partial charge >= 0.3 is 0 Å². The molecule has 1 fully saturated rings. The average molecular weight is 373 g/mol. The van der Waals surface area contributed by atoms with Gasteiger partial charge in [-0.3, -0.25) is 4.79 Å². The first-order valence-electron chi connectivity index (χ1n) is 8.55. The van der Waals surface area contributed by atoms with Gasteiger partial charge in [-0.25, -0.2) is 4.39 Å². The molecule has 134 valence electrons.